The van der Waals surface area contributed by atoms with Crippen molar-refractivity contribution in [2.45, 2.75) is 37.2 Å². The number of aromatic nitrogens is 2. The molecule has 0 radical (unpaired) electrons. The van der Waals surface area contributed by atoms with Gasteiger partial charge in [0.05, 0.1) is 28.2 Å². The quantitative estimate of drug-likeness (QED) is 0.357. The van der Waals surface area contributed by atoms with Gasteiger partial charge in [-0.1, -0.05) is 39.0 Å². The second-order valence-corrected chi connectivity index (χ2v) is 8.67. The zero-order valence-electron chi connectivity index (χ0n) is 19.4. The second-order valence-electron chi connectivity index (χ2n) is 6.83. The normalized spacial score (nSPS) is 11.9. The van der Waals surface area contributed by atoms with Crippen molar-refractivity contribution in [3.05, 3.63) is 77.9 Å². The number of sulfone groups is 1. The monoisotopic (exact) mass is 474 g/mol. The molecule has 0 saturated heterocycles. The van der Waals surface area contributed by atoms with Crippen molar-refractivity contribution in [2.24, 2.45) is 12.8 Å². The zero-order chi connectivity index (χ0) is 24.4. The molecule has 0 atom stereocenters. The van der Waals surface area contributed by atoms with Gasteiger partial charge in [0.1, 0.15) is 12.5 Å². The molecule has 0 unspecified atom stereocenters. The summed E-state index contributed by atoms with van der Waals surface area (Å²) in [7, 11) is -2.23. The van der Waals surface area contributed by atoms with Crippen LogP contribution in [0.5, 0.6) is 0 Å². The number of halogens is 1. The van der Waals surface area contributed by atoms with Crippen molar-refractivity contribution in [1.82, 2.24) is 14.9 Å². The van der Waals surface area contributed by atoms with Crippen LogP contribution >= 0.6 is 0 Å². The molecule has 0 spiro atoms. The van der Waals surface area contributed by atoms with Gasteiger partial charge in [-0.3, -0.25) is 0 Å². The van der Waals surface area contributed by atoms with E-state index >= 15 is 0 Å². The standard InChI is InChI=1S/C22H25FN4O3S.C2H6/c1-3-13-30-15-26-21(20(24)16-9-11-17(23)12-10-16)19-14-25-22(27(19)2)31(28,29)18-7-5-4-6-8-18;1-2/h4-12,14,26H,3,13,15,24H2,1-2H3;1-2H3/b21-20-;. The number of benzene rings is 2. The predicted molar refractivity (Wildman–Crippen MR) is 128 cm³/mol. The largest absolute Gasteiger partial charge is 0.397 e. The molecular weight excluding hydrogens is 443 g/mol. The van der Waals surface area contributed by atoms with E-state index in [2.05, 4.69) is 10.3 Å². The van der Waals surface area contributed by atoms with Crippen molar-refractivity contribution in [2.75, 3.05) is 13.3 Å². The molecule has 0 amide bonds. The maximum absolute atomic E-state index is 13.3. The third kappa shape index (κ3) is 6.21. The fraction of sp³-hybridized carbons (Fsp3) is 0.292. The lowest BCUT2D eigenvalue weighted by Crippen LogP contribution is -2.22. The van der Waals surface area contributed by atoms with Gasteiger partial charge in [0.15, 0.2) is 0 Å². The SMILES string of the molecule is CC.CCCOCN/C(=C(\N)c1ccc(F)cc1)c1cnc(S(=O)(=O)c2ccccc2)n1C. The molecule has 0 aliphatic carbocycles. The third-order valence-electron chi connectivity index (χ3n) is 4.62. The fourth-order valence-corrected chi connectivity index (χ4v) is 4.39. The fourth-order valence-electron chi connectivity index (χ4n) is 3.02. The molecule has 1 heterocycles. The van der Waals surface area contributed by atoms with E-state index in [9.17, 15) is 12.8 Å². The minimum absolute atomic E-state index is 0.116. The van der Waals surface area contributed by atoms with E-state index in [4.69, 9.17) is 10.5 Å². The van der Waals surface area contributed by atoms with Gasteiger partial charge < -0.3 is 20.4 Å². The van der Waals surface area contributed by atoms with Crippen LogP contribution < -0.4 is 11.1 Å². The van der Waals surface area contributed by atoms with Gasteiger partial charge in [0.2, 0.25) is 15.0 Å². The number of nitrogens with one attached hydrogen (secondary N) is 1. The summed E-state index contributed by atoms with van der Waals surface area (Å²) in [4.78, 5) is 4.31. The predicted octanol–water partition coefficient (Wildman–Crippen LogP) is 4.18. The van der Waals surface area contributed by atoms with Gasteiger partial charge in [0, 0.05) is 13.7 Å². The van der Waals surface area contributed by atoms with E-state index in [0.29, 0.717) is 29.3 Å². The number of ether oxygens (including phenoxy) is 1. The molecule has 9 heteroatoms. The Balaban J connectivity index is 0.00000187. The first kappa shape index (κ1) is 26.1. The topological polar surface area (TPSA) is 99.2 Å². The summed E-state index contributed by atoms with van der Waals surface area (Å²) in [6, 6.07) is 13.8. The van der Waals surface area contributed by atoms with Gasteiger partial charge in [-0.2, -0.15) is 0 Å². The summed E-state index contributed by atoms with van der Waals surface area (Å²) in [5.41, 5.74) is 8.16. The van der Waals surface area contributed by atoms with Crippen LogP contribution in [0.2, 0.25) is 0 Å². The highest BCUT2D eigenvalue weighted by molar-refractivity contribution is 7.91. The van der Waals surface area contributed by atoms with E-state index < -0.39 is 9.84 Å². The first-order chi connectivity index (χ1) is 15.9. The highest BCUT2D eigenvalue weighted by Gasteiger charge is 2.25. The Bertz CT molecular complexity index is 1160. The highest BCUT2D eigenvalue weighted by atomic mass is 32.2. The number of rotatable bonds is 9. The molecular formula is C24H31FN4O3S. The second kappa shape index (κ2) is 12.2. The lowest BCUT2D eigenvalue weighted by Gasteiger charge is -2.16. The lowest BCUT2D eigenvalue weighted by atomic mass is 10.1. The van der Waals surface area contributed by atoms with Crippen molar-refractivity contribution < 1.29 is 17.5 Å². The van der Waals surface area contributed by atoms with Crippen LogP contribution in [-0.2, 0) is 21.6 Å². The summed E-state index contributed by atoms with van der Waals surface area (Å²) < 4.78 is 46.4. The van der Waals surface area contributed by atoms with E-state index in [-0.39, 0.29) is 22.6 Å². The van der Waals surface area contributed by atoms with Crippen LogP contribution in [0.4, 0.5) is 4.39 Å². The van der Waals surface area contributed by atoms with E-state index in [1.807, 2.05) is 20.8 Å². The maximum atomic E-state index is 13.3. The lowest BCUT2D eigenvalue weighted by molar-refractivity contribution is 0.128. The number of hydrogen-bond donors (Lipinski definition) is 2. The molecule has 33 heavy (non-hydrogen) atoms. The van der Waals surface area contributed by atoms with E-state index in [0.717, 1.165) is 6.42 Å². The van der Waals surface area contributed by atoms with Crippen LogP contribution in [0.3, 0.4) is 0 Å². The van der Waals surface area contributed by atoms with Crippen molar-refractivity contribution >= 4 is 21.2 Å². The van der Waals surface area contributed by atoms with Gasteiger partial charge in [0.25, 0.3) is 0 Å². The van der Waals surface area contributed by atoms with E-state index in [1.165, 1.54) is 35.0 Å². The Morgan fingerprint density at radius 3 is 2.36 bits per heavy atom. The molecule has 7 nitrogen and oxygen atoms in total. The average molecular weight is 475 g/mol. The third-order valence-corrected chi connectivity index (χ3v) is 6.37. The average Bonchev–Trinajstić information content (AvgIpc) is 3.23. The van der Waals surface area contributed by atoms with E-state index in [1.54, 1.807) is 37.4 Å². The Labute approximate surface area is 195 Å². The van der Waals surface area contributed by atoms with Crippen molar-refractivity contribution in [3.63, 3.8) is 0 Å². The molecule has 3 aromatic rings. The molecule has 0 saturated carbocycles. The molecule has 0 aliphatic rings. The van der Waals surface area contributed by atoms with Crippen LogP contribution in [0.1, 0.15) is 38.4 Å². The minimum Gasteiger partial charge on any atom is -0.397 e. The summed E-state index contributed by atoms with van der Waals surface area (Å²) in [5.74, 6) is -0.380. The molecule has 0 bridgehead atoms. The Kier molecular flexibility index (Phi) is 9.62. The molecule has 3 rings (SSSR count). The van der Waals surface area contributed by atoms with Crippen LogP contribution in [0.25, 0.3) is 11.4 Å². The first-order valence-electron chi connectivity index (χ1n) is 10.8. The number of hydrogen-bond acceptors (Lipinski definition) is 6. The van der Waals surface area contributed by atoms with Crippen LogP contribution in [-0.4, -0.2) is 31.3 Å². The van der Waals surface area contributed by atoms with Gasteiger partial charge >= 0.3 is 0 Å². The molecule has 1 aromatic heterocycles. The van der Waals surface area contributed by atoms with Gasteiger partial charge in [-0.25, -0.2) is 17.8 Å². The number of nitrogens with zero attached hydrogens (tertiary/aromatic N) is 2. The maximum Gasteiger partial charge on any atom is 0.240 e. The van der Waals surface area contributed by atoms with Gasteiger partial charge in [-0.05, 0) is 48.4 Å². The Morgan fingerprint density at radius 1 is 1.12 bits per heavy atom. The molecule has 178 valence electrons. The minimum atomic E-state index is -3.83. The van der Waals surface area contributed by atoms with Crippen molar-refractivity contribution in [1.29, 1.82) is 0 Å². The first-order valence-corrected chi connectivity index (χ1v) is 12.2. The highest BCUT2D eigenvalue weighted by Crippen LogP contribution is 2.25. The Morgan fingerprint density at radius 2 is 1.76 bits per heavy atom. The van der Waals surface area contributed by atoms with Crippen LogP contribution in [0, 0.1) is 5.82 Å². The van der Waals surface area contributed by atoms with Crippen molar-refractivity contribution in [3.8, 4) is 0 Å². The Hall–Kier alpha value is -3.17. The smallest absolute Gasteiger partial charge is 0.240 e. The summed E-state index contributed by atoms with van der Waals surface area (Å²) in [5, 5.41) is 3.00. The zero-order valence-corrected chi connectivity index (χ0v) is 20.2. The summed E-state index contributed by atoms with van der Waals surface area (Å²) in [6.45, 7) is 6.71. The molecule has 0 fully saturated rings. The van der Waals surface area contributed by atoms with Crippen LogP contribution in [0.15, 0.2) is 70.8 Å². The summed E-state index contributed by atoms with van der Waals surface area (Å²) in [6.07, 6.45) is 2.29. The summed E-state index contributed by atoms with van der Waals surface area (Å²) >= 11 is 0. The molecule has 2 aromatic carbocycles. The number of imidazole rings is 1. The van der Waals surface area contributed by atoms with Gasteiger partial charge in [-0.15, -0.1) is 0 Å². The molecule has 3 N–H and O–H groups in total. The number of nitrogens with two attached hydrogens (primary N) is 1. The molecule has 0 aliphatic heterocycles.